The highest BCUT2D eigenvalue weighted by Gasteiger charge is 2.30. The Hall–Kier alpha value is -4.29. The zero-order chi connectivity index (χ0) is 25.8. The Morgan fingerprint density at radius 1 is 1.05 bits per heavy atom. The number of benzene rings is 1. The van der Waals surface area contributed by atoms with Gasteiger partial charge in [-0.25, -0.2) is 15.0 Å². The molecule has 1 aliphatic rings. The second-order valence-corrected chi connectivity index (χ2v) is 8.62. The highest BCUT2D eigenvalue weighted by Crippen LogP contribution is 2.29. The molecule has 37 heavy (non-hydrogen) atoms. The maximum Gasteiger partial charge on any atom is 0.416 e. The third kappa shape index (κ3) is 5.76. The summed E-state index contributed by atoms with van der Waals surface area (Å²) in [5.41, 5.74) is 0.995. The van der Waals surface area contributed by atoms with Crippen molar-refractivity contribution in [1.82, 2.24) is 34.4 Å². The average Bonchev–Trinajstić information content (AvgIpc) is 3.48. The lowest BCUT2D eigenvalue weighted by atomic mass is 10.1. The fraction of sp³-hybridized carbons (Fsp3) is 0.333. The van der Waals surface area contributed by atoms with Crippen LogP contribution in [0.2, 0.25) is 0 Å². The van der Waals surface area contributed by atoms with Crippen LogP contribution in [0.4, 0.5) is 30.8 Å². The molecule has 10 nitrogen and oxygen atoms in total. The predicted molar refractivity (Wildman–Crippen MR) is 130 cm³/mol. The summed E-state index contributed by atoms with van der Waals surface area (Å²) in [5.74, 6) is 1.46. The number of carbonyl (C=O) groups is 1. The minimum absolute atomic E-state index is 0.183. The molecule has 0 atom stereocenters. The summed E-state index contributed by atoms with van der Waals surface area (Å²) < 4.78 is 40.5. The summed E-state index contributed by atoms with van der Waals surface area (Å²) in [6, 6.07) is 6.67. The van der Waals surface area contributed by atoms with Crippen molar-refractivity contribution in [2.24, 2.45) is 0 Å². The van der Waals surface area contributed by atoms with Gasteiger partial charge in [0, 0.05) is 32.3 Å². The van der Waals surface area contributed by atoms with Crippen LogP contribution in [0.15, 0.2) is 49.2 Å². The monoisotopic (exact) mass is 511 g/mol. The summed E-state index contributed by atoms with van der Waals surface area (Å²) in [6.45, 7) is 2.29. The summed E-state index contributed by atoms with van der Waals surface area (Å²) in [5, 5.41) is 6.34. The van der Waals surface area contributed by atoms with Crippen molar-refractivity contribution in [2.45, 2.75) is 32.0 Å². The van der Waals surface area contributed by atoms with E-state index in [1.54, 1.807) is 23.2 Å². The maximum atomic E-state index is 12.9. The van der Waals surface area contributed by atoms with E-state index in [4.69, 9.17) is 0 Å². The van der Waals surface area contributed by atoms with Gasteiger partial charge in [0.25, 0.3) is 0 Å². The number of hydrogen-bond acceptors (Lipinski definition) is 8. The van der Waals surface area contributed by atoms with E-state index in [0.717, 1.165) is 31.5 Å². The molecular formula is C24H24F3N9O. The number of carbonyl (C=O) groups excluding carboxylic acids is 1. The molecule has 1 saturated heterocycles. The van der Waals surface area contributed by atoms with Gasteiger partial charge in [-0.1, -0.05) is 12.1 Å². The molecular weight excluding hydrogens is 487 g/mol. The number of nitrogens with one attached hydrogen (secondary N) is 2. The van der Waals surface area contributed by atoms with Crippen LogP contribution in [0.1, 0.15) is 30.4 Å². The molecule has 0 saturated carbocycles. The van der Waals surface area contributed by atoms with Gasteiger partial charge in [0.1, 0.15) is 12.1 Å². The van der Waals surface area contributed by atoms with E-state index < -0.39 is 11.7 Å². The van der Waals surface area contributed by atoms with Gasteiger partial charge in [-0.05, 0) is 36.6 Å². The number of alkyl halides is 3. The molecule has 0 radical (unpaired) electrons. The lowest BCUT2D eigenvalue weighted by Crippen LogP contribution is -2.27. The van der Waals surface area contributed by atoms with Crippen LogP contribution in [0, 0.1) is 0 Å². The van der Waals surface area contributed by atoms with Gasteiger partial charge >= 0.3 is 6.18 Å². The van der Waals surface area contributed by atoms with Gasteiger partial charge in [-0.3, -0.25) is 4.79 Å². The molecule has 1 amide bonds. The number of amides is 1. The van der Waals surface area contributed by atoms with E-state index in [2.05, 4.69) is 35.6 Å². The minimum atomic E-state index is -4.39. The smallest absolute Gasteiger partial charge is 0.368 e. The number of rotatable bonds is 9. The van der Waals surface area contributed by atoms with Crippen molar-refractivity contribution in [1.29, 1.82) is 0 Å². The number of fused-ring (bicyclic) bond motifs is 1. The largest absolute Gasteiger partial charge is 0.416 e. The molecule has 0 unspecified atom stereocenters. The lowest BCUT2D eigenvalue weighted by molar-refractivity contribution is -0.137. The van der Waals surface area contributed by atoms with Crippen molar-refractivity contribution < 1.29 is 18.0 Å². The van der Waals surface area contributed by atoms with Crippen LogP contribution in [-0.4, -0.2) is 59.9 Å². The number of anilines is 3. The molecule has 0 aliphatic carbocycles. The summed E-state index contributed by atoms with van der Waals surface area (Å²) in [7, 11) is 0. The van der Waals surface area contributed by atoms with E-state index in [1.807, 2.05) is 4.90 Å². The minimum Gasteiger partial charge on any atom is -0.368 e. The Morgan fingerprint density at radius 3 is 2.59 bits per heavy atom. The van der Waals surface area contributed by atoms with Gasteiger partial charge in [0.2, 0.25) is 11.9 Å². The number of aromatic nitrogens is 6. The van der Waals surface area contributed by atoms with Gasteiger partial charge in [-0.2, -0.15) is 23.1 Å². The quantitative estimate of drug-likeness (QED) is 0.326. The topological polar surface area (TPSA) is 114 Å². The van der Waals surface area contributed by atoms with Gasteiger partial charge in [-0.15, -0.1) is 0 Å². The first-order valence-electron chi connectivity index (χ1n) is 11.8. The normalized spacial score (nSPS) is 13.9. The zero-order valence-electron chi connectivity index (χ0n) is 19.7. The fourth-order valence-corrected chi connectivity index (χ4v) is 4.13. The van der Waals surface area contributed by atoms with Crippen molar-refractivity contribution in [3.05, 3.63) is 60.3 Å². The lowest BCUT2D eigenvalue weighted by Gasteiger charge is -2.15. The second-order valence-electron chi connectivity index (χ2n) is 8.62. The van der Waals surface area contributed by atoms with Gasteiger partial charge in [0.15, 0.2) is 17.0 Å². The SMILES string of the molecule is O=C1CCCN1CCCNc1nc(Nc2ccncn2)nc2c1ncn2Cc1ccc(C(F)(F)F)cc1. The average molecular weight is 512 g/mol. The van der Waals surface area contributed by atoms with Crippen LogP contribution >= 0.6 is 0 Å². The Labute approximate surface area is 210 Å². The van der Waals surface area contributed by atoms with E-state index in [9.17, 15) is 18.0 Å². The Morgan fingerprint density at radius 2 is 1.89 bits per heavy atom. The van der Waals surface area contributed by atoms with Crippen molar-refractivity contribution in [2.75, 3.05) is 30.3 Å². The van der Waals surface area contributed by atoms with Gasteiger partial charge < -0.3 is 20.1 Å². The molecule has 13 heteroatoms. The fourth-order valence-electron chi connectivity index (χ4n) is 4.13. The molecule has 0 bridgehead atoms. The number of nitrogens with zero attached hydrogens (tertiary/aromatic N) is 7. The third-order valence-electron chi connectivity index (χ3n) is 5.99. The molecule has 1 fully saturated rings. The molecule has 2 N–H and O–H groups in total. The van der Waals surface area contributed by atoms with Crippen molar-refractivity contribution >= 4 is 34.7 Å². The molecule has 3 aromatic heterocycles. The first kappa shape index (κ1) is 24.4. The second kappa shape index (κ2) is 10.4. The maximum absolute atomic E-state index is 12.9. The molecule has 0 spiro atoms. The molecule has 5 rings (SSSR count). The summed E-state index contributed by atoms with van der Waals surface area (Å²) >= 11 is 0. The third-order valence-corrected chi connectivity index (χ3v) is 5.99. The van der Waals surface area contributed by atoms with Crippen LogP contribution < -0.4 is 10.6 Å². The van der Waals surface area contributed by atoms with E-state index in [1.165, 1.54) is 18.5 Å². The first-order valence-corrected chi connectivity index (χ1v) is 11.8. The van der Waals surface area contributed by atoms with Crippen LogP contribution in [0.5, 0.6) is 0 Å². The molecule has 4 heterocycles. The number of likely N-dealkylation sites (tertiary alicyclic amines) is 1. The van der Waals surface area contributed by atoms with E-state index in [0.29, 0.717) is 47.9 Å². The first-order chi connectivity index (χ1) is 17.9. The Kier molecular flexibility index (Phi) is 6.84. The highest BCUT2D eigenvalue weighted by atomic mass is 19.4. The van der Waals surface area contributed by atoms with Gasteiger partial charge in [0.05, 0.1) is 18.4 Å². The number of hydrogen-bond donors (Lipinski definition) is 2. The Balaban J connectivity index is 1.38. The van der Waals surface area contributed by atoms with Crippen LogP contribution in [-0.2, 0) is 17.5 Å². The van der Waals surface area contributed by atoms with Crippen molar-refractivity contribution in [3.8, 4) is 0 Å². The molecule has 1 aromatic carbocycles. The zero-order valence-corrected chi connectivity index (χ0v) is 19.7. The highest BCUT2D eigenvalue weighted by molar-refractivity contribution is 5.84. The summed E-state index contributed by atoms with van der Waals surface area (Å²) in [4.78, 5) is 35.4. The molecule has 1 aliphatic heterocycles. The summed E-state index contributed by atoms with van der Waals surface area (Å²) in [6.07, 6.45) is 2.41. The van der Waals surface area contributed by atoms with Crippen LogP contribution in [0.3, 0.4) is 0 Å². The van der Waals surface area contributed by atoms with Crippen LogP contribution in [0.25, 0.3) is 11.2 Å². The molecule has 4 aromatic rings. The number of halogens is 3. The predicted octanol–water partition coefficient (Wildman–Crippen LogP) is 3.85. The van der Waals surface area contributed by atoms with E-state index in [-0.39, 0.29) is 18.4 Å². The number of imidazole rings is 1. The Bertz CT molecular complexity index is 1370. The van der Waals surface area contributed by atoms with E-state index >= 15 is 0 Å². The molecule has 192 valence electrons. The standard InChI is InChI=1S/C24H24F3N9O/c25-24(26,27)17-6-4-16(5-7-17)13-36-15-31-20-21(29-9-2-12-35-11-1-3-19(35)37)33-23(34-22(20)36)32-18-8-10-28-14-30-18/h4-8,10,14-15H,1-3,9,11-13H2,(H2,28,29,30,32,33,34). The van der Waals surface area contributed by atoms with Crippen molar-refractivity contribution in [3.63, 3.8) is 0 Å².